The first-order chi connectivity index (χ1) is 13.9. The molecule has 0 saturated carbocycles. The first kappa shape index (κ1) is 20.7. The molecule has 0 saturated heterocycles. The Morgan fingerprint density at radius 2 is 1.73 bits per heavy atom. The molecule has 30 heavy (non-hydrogen) atoms. The molecule has 3 aromatic carbocycles. The van der Waals surface area contributed by atoms with Crippen molar-refractivity contribution < 1.29 is 13.2 Å². The van der Waals surface area contributed by atoms with Gasteiger partial charge in [0.05, 0.1) is 11.4 Å². The molecule has 4 aromatic rings. The molecule has 0 spiro atoms. The first-order valence-corrected chi connectivity index (χ1v) is 11.0. The summed E-state index contributed by atoms with van der Waals surface area (Å²) in [5.41, 5.74) is 0.737. The normalized spacial score (nSPS) is 15.9. The van der Waals surface area contributed by atoms with Gasteiger partial charge in [0.25, 0.3) is 0 Å². The van der Waals surface area contributed by atoms with E-state index in [4.69, 9.17) is 4.74 Å². The quantitative estimate of drug-likeness (QED) is 0.480. The number of rotatable bonds is 4. The molecule has 2 heterocycles. The van der Waals surface area contributed by atoms with E-state index in [1.54, 1.807) is 22.9 Å². The second-order valence-electron chi connectivity index (χ2n) is 7.62. The van der Waals surface area contributed by atoms with E-state index in [-0.39, 0.29) is 28.4 Å². The van der Waals surface area contributed by atoms with Crippen LogP contribution in [0.15, 0.2) is 70.6 Å². The Balaban J connectivity index is 0.00000218. The lowest BCUT2D eigenvalue weighted by molar-refractivity contribution is 0.130. The van der Waals surface area contributed by atoms with Crippen LogP contribution in [-0.2, 0) is 16.4 Å². The number of hydrogen-bond acceptors (Lipinski definition) is 5. The number of ether oxygens (including phenoxy) is 1. The van der Waals surface area contributed by atoms with Crippen molar-refractivity contribution in [1.82, 2.24) is 14.7 Å². The lowest BCUT2D eigenvalue weighted by atomic mass is 10.1. The van der Waals surface area contributed by atoms with Crippen LogP contribution in [0.4, 0.5) is 0 Å². The van der Waals surface area contributed by atoms with Crippen LogP contribution in [0, 0.1) is 0 Å². The molecule has 5 rings (SSSR count). The summed E-state index contributed by atoms with van der Waals surface area (Å²) in [4.78, 5) is 2.32. The smallest absolute Gasteiger partial charge is 0.226 e. The zero-order valence-electron chi connectivity index (χ0n) is 16.6. The highest BCUT2D eigenvalue weighted by molar-refractivity contribution is 7.91. The summed E-state index contributed by atoms with van der Waals surface area (Å²) in [6, 6.07) is 18.3. The molecular formula is C22H22ClN3O3S. The maximum Gasteiger partial charge on any atom is 0.226 e. The van der Waals surface area contributed by atoms with Gasteiger partial charge in [0.2, 0.25) is 9.84 Å². The molecule has 156 valence electrons. The molecule has 0 bridgehead atoms. The second-order valence-corrected chi connectivity index (χ2v) is 9.46. The fraction of sp³-hybridized carbons (Fsp3) is 0.227. The maximum atomic E-state index is 13.7. The monoisotopic (exact) mass is 443 g/mol. The fourth-order valence-corrected chi connectivity index (χ4v) is 5.65. The molecule has 6 nitrogen and oxygen atoms in total. The Morgan fingerprint density at radius 1 is 1.03 bits per heavy atom. The highest BCUT2D eigenvalue weighted by Gasteiger charge is 2.31. The van der Waals surface area contributed by atoms with Gasteiger partial charge in [-0.25, -0.2) is 8.42 Å². The minimum atomic E-state index is -3.81. The molecule has 0 fully saturated rings. The van der Waals surface area contributed by atoms with Crippen LogP contribution in [0.1, 0.15) is 0 Å². The predicted molar refractivity (Wildman–Crippen MR) is 119 cm³/mol. The number of halogens is 1. The number of fused-ring (bicyclic) bond motifs is 1. The highest BCUT2D eigenvalue weighted by Crippen LogP contribution is 2.37. The minimum Gasteiger partial charge on any atom is -0.485 e. The van der Waals surface area contributed by atoms with Gasteiger partial charge in [-0.05, 0) is 37.7 Å². The van der Waals surface area contributed by atoms with Crippen LogP contribution in [0.25, 0.3) is 21.7 Å². The number of hydrogen-bond donors (Lipinski definition) is 0. The van der Waals surface area contributed by atoms with Gasteiger partial charge in [0.15, 0.2) is 5.03 Å². The zero-order valence-corrected chi connectivity index (χ0v) is 18.3. The van der Waals surface area contributed by atoms with Crippen molar-refractivity contribution in [2.24, 2.45) is 0 Å². The van der Waals surface area contributed by atoms with Crippen LogP contribution in [0.5, 0.6) is 5.75 Å². The van der Waals surface area contributed by atoms with Crippen LogP contribution in [0.2, 0.25) is 0 Å². The summed E-state index contributed by atoms with van der Waals surface area (Å²) < 4.78 is 35.2. The van der Waals surface area contributed by atoms with Crippen molar-refractivity contribution in [2.75, 3.05) is 20.6 Å². The Bertz CT molecular complexity index is 1340. The predicted octanol–water partition coefficient (Wildman–Crippen LogP) is 3.77. The van der Waals surface area contributed by atoms with E-state index >= 15 is 0 Å². The average Bonchev–Trinajstić information content (AvgIpc) is 3.08. The molecule has 8 heteroatoms. The van der Waals surface area contributed by atoms with Crippen molar-refractivity contribution >= 4 is 43.9 Å². The topological polar surface area (TPSA) is 64.4 Å². The third-order valence-corrected chi connectivity index (χ3v) is 6.98. The number of likely N-dealkylation sites (N-methyl/N-ethyl adjacent to an activating group) is 1. The van der Waals surface area contributed by atoms with Crippen LogP contribution < -0.4 is 4.74 Å². The van der Waals surface area contributed by atoms with E-state index in [2.05, 4.69) is 5.10 Å². The summed E-state index contributed by atoms with van der Waals surface area (Å²) in [5.74, 6) is 0.674. The van der Waals surface area contributed by atoms with Gasteiger partial charge < -0.3 is 9.64 Å². The zero-order chi connectivity index (χ0) is 20.2. The average molecular weight is 444 g/mol. The molecule has 1 unspecified atom stereocenters. The maximum absolute atomic E-state index is 13.7. The van der Waals surface area contributed by atoms with Gasteiger partial charge in [-0.3, -0.25) is 4.68 Å². The molecule has 0 radical (unpaired) electrons. The Hall–Kier alpha value is -2.61. The lowest BCUT2D eigenvalue weighted by Gasteiger charge is -2.27. The van der Waals surface area contributed by atoms with Gasteiger partial charge in [-0.15, -0.1) is 12.4 Å². The highest BCUT2D eigenvalue weighted by atomic mass is 35.5. The standard InChI is InChI=1S/C22H21N3O3S.ClH/c1-24(2)13-16-14-25-21-18(10-6-11-19(21)28-16)22(23-25)29(26,27)20-12-5-8-15-7-3-4-9-17(15)20;/h3-12,16H,13-14H2,1-2H3;1H. The molecular weight excluding hydrogens is 422 g/mol. The lowest BCUT2D eigenvalue weighted by Crippen LogP contribution is -2.36. The van der Waals surface area contributed by atoms with Gasteiger partial charge in [0.1, 0.15) is 17.4 Å². The summed E-state index contributed by atoms with van der Waals surface area (Å²) >= 11 is 0. The largest absolute Gasteiger partial charge is 0.485 e. The summed E-state index contributed by atoms with van der Waals surface area (Å²) in [5, 5.41) is 6.83. The molecule has 0 amide bonds. The summed E-state index contributed by atoms with van der Waals surface area (Å²) in [7, 11) is 0.161. The summed E-state index contributed by atoms with van der Waals surface area (Å²) in [6.07, 6.45) is -0.0869. The SMILES string of the molecule is CN(C)CC1Cn2nc(S(=O)(=O)c3cccc4ccccc34)c3cccc(c32)O1.Cl. The van der Waals surface area contributed by atoms with E-state index in [1.807, 2.05) is 61.5 Å². The third-order valence-electron chi connectivity index (χ3n) is 5.23. The Morgan fingerprint density at radius 3 is 2.53 bits per heavy atom. The Kier molecular flexibility index (Phi) is 5.22. The van der Waals surface area contributed by atoms with E-state index in [0.717, 1.165) is 17.4 Å². The van der Waals surface area contributed by atoms with E-state index in [9.17, 15) is 8.42 Å². The number of benzene rings is 3. The number of nitrogens with zero attached hydrogens (tertiary/aromatic N) is 3. The number of para-hydroxylation sites is 1. The minimum absolute atomic E-state index is 0. The van der Waals surface area contributed by atoms with Crippen molar-refractivity contribution in [3.05, 3.63) is 60.7 Å². The van der Waals surface area contributed by atoms with Crippen molar-refractivity contribution in [3.63, 3.8) is 0 Å². The van der Waals surface area contributed by atoms with E-state index < -0.39 is 9.84 Å². The number of aromatic nitrogens is 2. The molecule has 1 aliphatic rings. The third kappa shape index (κ3) is 3.23. The second kappa shape index (κ2) is 7.58. The van der Waals surface area contributed by atoms with E-state index in [0.29, 0.717) is 23.1 Å². The Labute approximate surface area is 181 Å². The molecule has 1 aliphatic heterocycles. The van der Waals surface area contributed by atoms with E-state index in [1.165, 1.54) is 0 Å². The van der Waals surface area contributed by atoms with Crippen LogP contribution in [-0.4, -0.2) is 49.8 Å². The van der Waals surface area contributed by atoms with Crippen LogP contribution >= 0.6 is 12.4 Å². The molecule has 0 aliphatic carbocycles. The van der Waals surface area contributed by atoms with Gasteiger partial charge >= 0.3 is 0 Å². The first-order valence-electron chi connectivity index (χ1n) is 9.49. The fourth-order valence-electron chi connectivity index (χ4n) is 4.05. The number of sulfone groups is 1. The molecule has 1 atom stereocenters. The molecule has 0 N–H and O–H groups in total. The van der Waals surface area contributed by atoms with Crippen LogP contribution in [0.3, 0.4) is 0 Å². The molecule has 1 aromatic heterocycles. The van der Waals surface area contributed by atoms with Gasteiger partial charge in [0, 0.05) is 17.3 Å². The van der Waals surface area contributed by atoms with Crippen molar-refractivity contribution in [2.45, 2.75) is 22.6 Å². The summed E-state index contributed by atoms with van der Waals surface area (Å²) in [6.45, 7) is 1.23. The van der Waals surface area contributed by atoms with Crippen molar-refractivity contribution in [1.29, 1.82) is 0 Å². The van der Waals surface area contributed by atoms with Gasteiger partial charge in [-0.2, -0.15) is 5.10 Å². The van der Waals surface area contributed by atoms with Crippen molar-refractivity contribution in [3.8, 4) is 5.75 Å². The van der Waals surface area contributed by atoms with Gasteiger partial charge in [-0.1, -0.05) is 42.5 Å².